The summed E-state index contributed by atoms with van der Waals surface area (Å²) < 4.78 is 13.6. The number of carbonyl (C=O) groups is 1. The third-order valence-corrected chi connectivity index (χ3v) is 2.83. The molecule has 1 atom stereocenters. The molecule has 1 amide bonds. The Hall–Kier alpha value is -2.27. The number of nitrogens with zero attached hydrogens (tertiary/aromatic N) is 4. The Morgan fingerprint density at radius 3 is 3.06 bits per heavy atom. The van der Waals surface area contributed by atoms with Gasteiger partial charge in [0.25, 0.3) is 0 Å². The van der Waals surface area contributed by atoms with Gasteiger partial charge in [-0.2, -0.15) is 0 Å². The molecule has 1 heterocycles. The lowest BCUT2D eigenvalue weighted by Crippen LogP contribution is -2.25. The maximum absolute atomic E-state index is 13.6. The molecule has 0 aliphatic carbocycles. The predicted molar refractivity (Wildman–Crippen MR) is 62.5 cm³/mol. The smallest absolute Gasteiger partial charge is 0.227 e. The first-order valence-electron chi connectivity index (χ1n) is 5.41. The SMILES string of the molecule is [N-]=[N+]=NCC1CC(=O)N(c2ccc(O)cc2F)C1. The largest absolute Gasteiger partial charge is 0.508 e. The van der Waals surface area contributed by atoms with Crippen molar-refractivity contribution in [2.24, 2.45) is 11.0 Å². The van der Waals surface area contributed by atoms with E-state index in [4.69, 9.17) is 10.6 Å². The molecule has 1 aliphatic heterocycles. The Kier molecular flexibility index (Phi) is 3.34. The van der Waals surface area contributed by atoms with E-state index >= 15 is 0 Å². The van der Waals surface area contributed by atoms with E-state index < -0.39 is 5.82 Å². The normalized spacial score (nSPS) is 18.8. The fourth-order valence-electron chi connectivity index (χ4n) is 2.00. The Bertz CT molecular complexity index is 528. The highest BCUT2D eigenvalue weighted by molar-refractivity contribution is 5.95. The van der Waals surface area contributed by atoms with Crippen LogP contribution in [0.3, 0.4) is 0 Å². The van der Waals surface area contributed by atoms with Crippen molar-refractivity contribution in [2.45, 2.75) is 6.42 Å². The van der Waals surface area contributed by atoms with Gasteiger partial charge in [0.05, 0.1) is 5.69 Å². The van der Waals surface area contributed by atoms with Crippen LogP contribution in [0.1, 0.15) is 6.42 Å². The molecule has 1 aromatic rings. The first kappa shape index (κ1) is 12.2. The summed E-state index contributed by atoms with van der Waals surface area (Å²) >= 11 is 0. The molecule has 1 aliphatic rings. The molecule has 7 heteroatoms. The molecule has 0 bridgehead atoms. The second-order valence-corrected chi connectivity index (χ2v) is 4.12. The summed E-state index contributed by atoms with van der Waals surface area (Å²) in [5.41, 5.74) is 8.36. The van der Waals surface area contributed by atoms with E-state index in [-0.39, 0.29) is 36.2 Å². The van der Waals surface area contributed by atoms with Crippen LogP contribution in [0.5, 0.6) is 5.75 Å². The average Bonchev–Trinajstić information content (AvgIpc) is 2.68. The third-order valence-electron chi connectivity index (χ3n) is 2.83. The number of aromatic hydroxyl groups is 1. The minimum Gasteiger partial charge on any atom is -0.508 e. The summed E-state index contributed by atoms with van der Waals surface area (Å²) in [6.45, 7) is 0.540. The Labute approximate surface area is 102 Å². The summed E-state index contributed by atoms with van der Waals surface area (Å²) in [6, 6.07) is 3.65. The lowest BCUT2D eigenvalue weighted by Gasteiger charge is -2.17. The number of halogens is 1. The highest BCUT2D eigenvalue weighted by atomic mass is 19.1. The zero-order valence-corrected chi connectivity index (χ0v) is 9.45. The maximum atomic E-state index is 13.6. The molecule has 18 heavy (non-hydrogen) atoms. The fraction of sp³-hybridized carbons (Fsp3) is 0.364. The zero-order chi connectivity index (χ0) is 13.1. The molecular weight excluding hydrogens is 239 g/mol. The van der Waals surface area contributed by atoms with Gasteiger partial charge in [-0.25, -0.2) is 4.39 Å². The predicted octanol–water partition coefficient (Wildman–Crippen LogP) is 2.19. The number of hydrogen-bond acceptors (Lipinski definition) is 3. The van der Waals surface area contributed by atoms with E-state index in [1.165, 1.54) is 17.0 Å². The van der Waals surface area contributed by atoms with Crippen LogP contribution in [0.15, 0.2) is 23.3 Å². The summed E-state index contributed by atoms with van der Waals surface area (Å²) in [4.78, 5) is 15.7. The molecule has 1 fully saturated rings. The summed E-state index contributed by atoms with van der Waals surface area (Å²) in [5.74, 6) is -1.14. The number of anilines is 1. The van der Waals surface area contributed by atoms with Crippen LogP contribution < -0.4 is 4.90 Å². The number of azide groups is 1. The van der Waals surface area contributed by atoms with Gasteiger partial charge in [-0.05, 0) is 23.6 Å². The van der Waals surface area contributed by atoms with Crippen LogP contribution >= 0.6 is 0 Å². The third kappa shape index (κ3) is 2.36. The summed E-state index contributed by atoms with van der Waals surface area (Å²) in [5, 5.41) is 12.5. The van der Waals surface area contributed by atoms with E-state index in [1.54, 1.807) is 0 Å². The quantitative estimate of drug-likeness (QED) is 0.506. The highest BCUT2D eigenvalue weighted by Gasteiger charge is 2.31. The lowest BCUT2D eigenvalue weighted by atomic mass is 10.1. The summed E-state index contributed by atoms with van der Waals surface area (Å²) in [7, 11) is 0. The van der Waals surface area contributed by atoms with E-state index in [1.807, 2.05) is 0 Å². The topological polar surface area (TPSA) is 89.3 Å². The molecular formula is C11H11FN4O2. The van der Waals surface area contributed by atoms with Gasteiger partial charge in [-0.1, -0.05) is 5.11 Å². The second-order valence-electron chi connectivity index (χ2n) is 4.12. The number of hydrogen-bond donors (Lipinski definition) is 1. The first-order chi connectivity index (χ1) is 8.61. The number of carbonyl (C=O) groups excluding carboxylic acids is 1. The van der Waals surface area contributed by atoms with Crippen LogP contribution in [-0.4, -0.2) is 24.1 Å². The highest BCUT2D eigenvalue weighted by Crippen LogP contribution is 2.29. The van der Waals surface area contributed by atoms with Gasteiger partial charge in [0, 0.05) is 30.5 Å². The Morgan fingerprint density at radius 1 is 1.61 bits per heavy atom. The van der Waals surface area contributed by atoms with E-state index in [2.05, 4.69) is 10.0 Å². The van der Waals surface area contributed by atoms with Gasteiger partial charge in [0.15, 0.2) is 5.82 Å². The molecule has 1 N–H and O–H groups in total. The van der Waals surface area contributed by atoms with E-state index in [9.17, 15) is 9.18 Å². The van der Waals surface area contributed by atoms with Crippen LogP contribution in [0.4, 0.5) is 10.1 Å². The molecule has 6 nitrogen and oxygen atoms in total. The lowest BCUT2D eigenvalue weighted by molar-refractivity contribution is -0.117. The van der Waals surface area contributed by atoms with Gasteiger partial charge >= 0.3 is 0 Å². The van der Waals surface area contributed by atoms with Crippen molar-refractivity contribution in [1.29, 1.82) is 0 Å². The van der Waals surface area contributed by atoms with Crippen molar-refractivity contribution in [3.05, 3.63) is 34.5 Å². The number of amides is 1. The van der Waals surface area contributed by atoms with Crippen LogP contribution in [-0.2, 0) is 4.79 Å². The Morgan fingerprint density at radius 2 is 2.39 bits per heavy atom. The van der Waals surface area contributed by atoms with Gasteiger partial charge in [0.1, 0.15) is 5.75 Å². The van der Waals surface area contributed by atoms with Crippen molar-refractivity contribution >= 4 is 11.6 Å². The molecule has 1 saturated heterocycles. The van der Waals surface area contributed by atoms with Crippen LogP contribution in [0, 0.1) is 11.7 Å². The summed E-state index contributed by atoms with van der Waals surface area (Å²) in [6.07, 6.45) is 0.235. The fourth-order valence-corrected chi connectivity index (χ4v) is 2.00. The monoisotopic (exact) mass is 250 g/mol. The average molecular weight is 250 g/mol. The first-order valence-corrected chi connectivity index (χ1v) is 5.41. The van der Waals surface area contributed by atoms with Crippen molar-refractivity contribution in [2.75, 3.05) is 18.0 Å². The Balaban J connectivity index is 2.18. The van der Waals surface area contributed by atoms with Crippen molar-refractivity contribution in [3.8, 4) is 5.75 Å². The minimum absolute atomic E-state index is 0.0957. The number of rotatable bonds is 3. The van der Waals surface area contributed by atoms with Crippen molar-refractivity contribution < 1.29 is 14.3 Å². The van der Waals surface area contributed by atoms with E-state index in [0.29, 0.717) is 6.54 Å². The van der Waals surface area contributed by atoms with Crippen molar-refractivity contribution in [1.82, 2.24) is 0 Å². The molecule has 1 unspecified atom stereocenters. The molecule has 0 aromatic heterocycles. The molecule has 0 spiro atoms. The zero-order valence-electron chi connectivity index (χ0n) is 9.45. The van der Waals surface area contributed by atoms with Crippen molar-refractivity contribution in [3.63, 3.8) is 0 Å². The molecule has 0 radical (unpaired) electrons. The molecule has 94 valence electrons. The maximum Gasteiger partial charge on any atom is 0.227 e. The molecule has 1 aromatic carbocycles. The van der Waals surface area contributed by atoms with Gasteiger partial charge in [0.2, 0.25) is 5.91 Å². The van der Waals surface area contributed by atoms with Crippen LogP contribution in [0.2, 0.25) is 0 Å². The molecule has 2 rings (SSSR count). The van der Waals surface area contributed by atoms with Gasteiger partial charge in [-0.3, -0.25) is 4.79 Å². The second kappa shape index (κ2) is 4.93. The number of phenols is 1. The van der Waals surface area contributed by atoms with Crippen LogP contribution in [0.25, 0.3) is 10.4 Å². The number of benzene rings is 1. The molecule has 0 saturated carbocycles. The van der Waals surface area contributed by atoms with Gasteiger partial charge < -0.3 is 10.0 Å². The van der Waals surface area contributed by atoms with Gasteiger partial charge in [-0.15, -0.1) is 0 Å². The number of phenolic OH excluding ortho intramolecular Hbond substituents is 1. The standard InChI is InChI=1S/C11H11FN4O2/c12-9-4-8(17)1-2-10(9)16-6-7(3-11(16)18)5-14-15-13/h1-2,4,7,17H,3,5-6H2. The minimum atomic E-state index is -0.646. The van der Waals surface area contributed by atoms with E-state index in [0.717, 1.165) is 6.07 Å².